The number of hydrogen-bond acceptors (Lipinski definition) is 3. The van der Waals surface area contributed by atoms with E-state index in [1.807, 2.05) is 61.5 Å². The fraction of sp³-hybridized carbons (Fsp3) is 0.0345. The van der Waals surface area contributed by atoms with E-state index in [0.717, 1.165) is 34.0 Å². The molecular formula is C29H23N3O2. The monoisotopic (exact) mass is 445 g/mol. The van der Waals surface area contributed by atoms with Gasteiger partial charge in [0.25, 0.3) is 5.91 Å². The first kappa shape index (κ1) is 21.2. The maximum Gasteiger partial charge on any atom is 0.271 e. The molecule has 0 spiro atoms. The van der Waals surface area contributed by atoms with Gasteiger partial charge < -0.3 is 8.98 Å². The van der Waals surface area contributed by atoms with E-state index < -0.39 is 0 Å². The molecule has 0 aliphatic rings. The fourth-order valence-corrected chi connectivity index (χ4v) is 3.89. The average molecular weight is 446 g/mol. The zero-order valence-electron chi connectivity index (χ0n) is 18.7. The molecule has 0 aliphatic heterocycles. The molecule has 34 heavy (non-hydrogen) atoms. The summed E-state index contributed by atoms with van der Waals surface area (Å²) in [6.07, 6.45) is 1.48. The molecule has 2 aromatic heterocycles. The summed E-state index contributed by atoms with van der Waals surface area (Å²) in [7, 11) is 0. The predicted octanol–water partition coefficient (Wildman–Crippen LogP) is 6.48. The van der Waals surface area contributed by atoms with Crippen LogP contribution in [0.15, 0.2) is 119 Å². The predicted molar refractivity (Wildman–Crippen MR) is 135 cm³/mol. The van der Waals surface area contributed by atoms with Crippen molar-refractivity contribution in [3.8, 4) is 28.2 Å². The van der Waals surface area contributed by atoms with Crippen LogP contribution >= 0.6 is 0 Å². The molecule has 5 aromatic rings. The second-order valence-electron chi connectivity index (χ2n) is 7.87. The number of nitrogens with zero attached hydrogens (tertiary/aromatic N) is 2. The van der Waals surface area contributed by atoms with Gasteiger partial charge in [-0.3, -0.25) is 4.79 Å². The molecule has 166 valence electrons. The number of rotatable bonds is 6. The lowest BCUT2D eigenvalue weighted by atomic mass is 10.1. The summed E-state index contributed by atoms with van der Waals surface area (Å²) in [4.78, 5) is 12.6. The van der Waals surface area contributed by atoms with Crippen molar-refractivity contribution in [3.05, 3.63) is 126 Å². The van der Waals surface area contributed by atoms with Gasteiger partial charge in [-0.2, -0.15) is 5.10 Å². The summed E-state index contributed by atoms with van der Waals surface area (Å²) in [5.41, 5.74) is 8.43. The van der Waals surface area contributed by atoms with Crippen LogP contribution in [0.3, 0.4) is 0 Å². The largest absolute Gasteiger partial charge is 0.460 e. The van der Waals surface area contributed by atoms with E-state index in [-0.39, 0.29) is 5.91 Å². The Bertz CT molecular complexity index is 1370. The van der Waals surface area contributed by atoms with Crippen LogP contribution in [0.4, 0.5) is 0 Å². The number of carbonyl (C=O) groups excluding carboxylic acids is 1. The van der Waals surface area contributed by atoms with Gasteiger partial charge in [0.2, 0.25) is 0 Å². The fourth-order valence-electron chi connectivity index (χ4n) is 3.89. The van der Waals surface area contributed by atoms with Crippen LogP contribution in [0.5, 0.6) is 0 Å². The number of hydrazone groups is 1. The van der Waals surface area contributed by atoms with Crippen LogP contribution in [-0.2, 0) is 0 Å². The standard InChI is InChI=1S/C29H23N3O2/c1-21-12-17-26(34-21)20-30-31-29(33)24-13-15-25(16-14-24)32-27(22-8-4-2-5-9-22)18-19-28(32)23-10-6-3-7-11-23/h2-20H,1H3,(H,31,33)/b30-20-. The van der Waals surface area contributed by atoms with Crippen LogP contribution in [0.25, 0.3) is 28.2 Å². The maximum atomic E-state index is 12.6. The molecule has 0 saturated carbocycles. The molecule has 0 atom stereocenters. The van der Waals surface area contributed by atoms with Crippen molar-refractivity contribution in [1.82, 2.24) is 9.99 Å². The number of amides is 1. The molecule has 0 fully saturated rings. The van der Waals surface area contributed by atoms with Gasteiger partial charge in [0.15, 0.2) is 0 Å². The molecule has 5 heteroatoms. The number of nitrogens with one attached hydrogen (secondary N) is 1. The van der Waals surface area contributed by atoms with E-state index >= 15 is 0 Å². The molecule has 0 bridgehead atoms. The van der Waals surface area contributed by atoms with E-state index in [2.05, 4.69) is 51.5 Å². The summed E-state index contributed by atoms with van der Waals surface area (Å²) in [6.45, 7) is 1.86. The molecule has 5 nitrogen and oxygen atoms in total. The molecule has 3 aromatic carbocycles. The van der Waals surface area contributed by atoms with Crippen molar-refractivity contribution in [2.45, 2.75) is 6.92 Å². The highest BCUT2D eigenvalue weighted by atomic mass is 16.3. The van der Waals surface area contributed by atoms with Crippen LogP contribution in [0, 0.1) is 6.92 Å². The number of furan rings is 1. The normalized spacial score (nSPS) is 11.1. The van der Waals surface area contributed by atoms with Crippen molar-refractivity contribution in [2.75, 3.05) is 0 Å². The molecule has 5 rings (SSSR count). The first-order valence-electron chi connectivity index (χ1n) is 11.0. The molecule has 0 aliphatic carbocycles. The highest BCUT2D eigenvalue weighted by Gasteiger charge is 2.14. The van der Waals surface area contributed by atoms with Crippen molar-refractivity contribution in [2.24, 2.45) is 5.10 Å². The highest BCUT2D eigenvalue weighted by Crippen LogP contribution is 2.32. The van der Waals surface area contributed by atoms with Crippen LogP contribution in [0.1, 0.15) is 21.9 Å². The van der Waals surface area contributed by atoms with Gasteiger partial charge in [0.1, 0.15) is 11.5 Å². The topological polar surface area (TPSA) is 59.5 Å². The van der Waals surface area contributed by atoms with Gasteiger partial charge in [-0.1, -0.05) is 60.7 Å². The summed E-state index contributed by atoms with van der Waals surface area (Å²) in [5.74, 6) is 1.09. The third-order valence-electron chi connectivity index (χ3n) is 5.53. The Kier molecular flexibility index (Phi) is 5.91. The molecule has 1 amide bonds. The Balaban J connectivity index is 1.45. The lowest BCUT2D eigenvalue weighted by Crippen LogP contribution is -2.17. The Morgan fingerprint density at radius 2 is 1.35 bits per heavy atom. The van der Waals surface area contributed by atoms with Crippen LogP contribution < -0.4 is 5.43 Å². The Morgan fingerprint density at radius 3 is 1.88 bits per heavy atom. The summed E-state index contributed by atoms with van der Waals surface area (Å²) in [5, 5.41) is 3.99. The van der Waals surface area contributed by atoms with Crippen molar-refractivity contribution in [1.29, 1.82) is 0 Å². The smallest absolute Gasteiger partial charge is 0.271 e. The minimum atomic E-state index is -0.287. The highest BCUT2D eigenvalue weighted by molar-refractivity contribution is 5.95. The molecule has 0 saturated heterocycles. The summed E-state index contributed by atoms with van der Waals surface area (Å²) in [6, 6.07) is 36.0. The molecule has 0 unspecified atom stereocenters. The van der Waals surface area contributed by atoms with E-state index in [1.54, 1.807) is 18.2 Å². The van der Waals surface area contributed by atoms with Crippen molar-refractivity contribution < 1.29 is 9.21 Å². The minimum Gasteiger partial charge on any atom is -0.460 e. The van der Waals surface area contributed by atoms with Crippen molar-refractivity contribution in [3.63, 3.8) is 0 Å². The average Bonchev–Trinajstić information content (AvgIpc) is 3.51. The zero-order valence-corrected chi connectivity index (χ0v) is 18.7. The second kappa shape index (κ2) is 9.46. The van der Waals surface area contributed by atoms with Gasteiger partial charge in [-0.15, -0.1) is 0 Å². The zero-order chi connectivity index (χ0) is 23.3. The Hall–Kier alpha value is -4.64. The first-order valence-corrected chi connectivity index (χ1v) is 11.0. The van der Waals surface area contributed by atoms with E-state index in [1.165, 1.54) is 6.21 Å². The maximum absolute atomic E-state index is 12.6. The van der Waals surface area contributed by atoms with E-state index in [9.17, 15) is 4.79 Å². The summed E-state index contributed by atoms with van der Waals surface area (Å²) < 4.78 is 7.63. The molecule has 2 heterocycles. The minimum absolute atomic E-state index is 0.287. The number of carbonyl (C=O) groups is 1. The van der Waals surface area contributed by atoms with Gasteiger partial charge in [-0.25, -0.2) is 5.43 Å². The second-order valence-corrected chi connectivity index (χ2v) is 7.87. The third-order valence-corrected chi connectivity index (χ3v) is 5.53. The van der Waals surface area contributed by atoms with Crippen molar-refractivity contribution >= 4 is 12.1 Å². The van der Waals surface area contributed by atoms with Crippen LogP contribution in [0.2, 0.25) is 0 Å². The SMILES string of the molecule is Cc1ccc(/C=N\NC(=O)c2ccc(-n3c(-c4ccccc4)ccc3-c3ccccc3)cc2)o1. The van der Waals surface area contributed by atoms with Crippen LogP contribution in [-0.4, -0.2) is 16.7 Å². The Labute approximate surface area is 198 Å². The number of hydrogen-bond donors (Lipinski definition) is 1. The lowest BCUT2D eigenvalue weighted by molar-refractivity contribution is 0.0955. The quantitative estimate of drug-likeness (QED) is 0.240. The Morgan fingerprint density at radius 1 is 0.765 bits per heavy atom. The van der Waals surface area contributed by atoms with E-state index in [0.29, 0.717) is 11.3 Å². The first-order chi connectivity index (χ1) is 16.7. The number of benzene rings is 3. The summed E-state index contributed by atoms with van der Waals surface area (Å²) >= 11 is 0. The van der Waals surface area contributed by atoms with Gasteiger partial charge in [0, 0.05) is 11.3 Å². The number of aryl methyl sites for hydroxylation is 1. The van der Waals surface area contributed by atoms with Gasteiger partial charge in [-0.05, 0) is 66.6 Å². The number of aromatic nitrogens is 1. The lowest BCUT2D eigenvalue weighted by Gasteiger charge is -2.15. The third kappa shape index (κ3) is 4.45. The molecular weight excluding hydrogens is 422 g/mol. The molecule has 0 radical (unpaired) electrons. The van der Waals surface area contributed by atoms with E-state index in [4.69, 9.17) is 4.42 Å². The van der Waals surface area contributed by atoms with Gasteiger partial charge in [0.05, 0.1) is 17.6 Å². The molecule has 1 N–H and O–H groups in total. The van der Waals surface area contributed by atoms with Gasteiger partial charge >= 0.3 is 0 Å².